The molecule has 3 rings (SSSR count). The largest absolute Gasteiger partial charge is 0.385 e. The predicted molar refractivity (Wildman–Crippen MR) is 86.2 cm³/mol. The summed E-state index contributed by atoms with van der Waals surface area (Å²) in [7, 11) is 0. The highest BCUT2D eigenvalue weighted by Crippen LogP contribution is 1.83. The van der Waals surface area contributed by atoms with E-state index in [1.165, 1.54) is 36.8 Å². The van der Waals surface area contributed by atoms with E-state index in [-0.39, 0.29) is 5.56 Å². The molecular weight excluding hydrogens is 320 g/mol. The molecule has 0 saturated carbocycles. The Bertz CT molecular complexity index is 910. The van der Waals surface area contributed by atoms with Crippen LogP contribution >= 0.6 is 0 Å². The molecule has 126 valence electrons. The topological polar surface area (TPSA) is 209 Å². The fraction of sp³-hybridized carbons (Fsp3) is 0. The molecule has 12 nitrogen and oxygen atoms in total. The van der Waals surface area contributed by atoms with Gasteiger partial charge < -0.3 is 16.5 Å². The lowest BCUT2D eigenvalue weighted by Crippen LogP contribution is -2.19. The maximum absolute atomic E-state index is 10.2. The van der Waals surface area contributed by atoms with Gasteiger partial charge in [-0.3, -0.25) is 19.7 Å². The molecule has 0 amide bonds. The van der Waals surface area contributed by atoms with Gasteiger partial charge in [-0.15, -0.1) is 0 Å². The molecule has 0 unspecified atom stereocenters. The molecule has 0 radical (unpaired) electrons. The molecule has 0 saturated heterocycles. The van der Waals surface area contributed by atoms with Crippen LogP contribution < -0.4 is 34.1 Å². The first-order valence-electron chi connectivity index (χ1n) is 6.26. The van der Waals surface area contributed by atoms with Crippen LogP contribution in [0.2, 0.25) is 0 Å². The van der Waals surface area contributed by atoms with E-state index < -0.39 is 17.1 Å². The normalized spacial score (nSPS) is 9.00. The van der Waals surface area contributed by atoms with Crippen LogP contribution in [0.4, 0.5) is 11.6 Å². The zero-order chi connectivity index (χ0) is 17.9. The van der Waals surface area contributed by atoms with Crippen molar-refractivity contribution in [2.75, 3.05) is 11.5 Å². The van der Waals surface area contributed by atoms with Crippen molar-refractivity contribution in [2.45, 2.75) is 0 Å². The van der Waals surface area contributed by atoms with Gasteiger partial charge in [-0.05, 0) is 12.1 Å². The van der Waals surface area contributed by atoms with E-state index >= 15 is 0 Å². The van der Waals surface area contributed by atoms with E-state index in [0.717, 1.165) is 0 Å². The van der Waals surface area contributed by atoms with Gasteiger partial charge in [0.15, 0.2) is 0 Å². The van der Waals surface area contributed by atoms with Crippen LogP contribution in [0.1, 0.15) is 0 Å². The van der Waals surface area contributed by atoms with Crippen LogP contribution in [0.3, 0.4) is 0 Å². The van der Waals surface area contributed by atoms with Gasteiger partial charge in [0.1, 0.15) is 11.6 Å². The van der Waals surface area contributed by atoms with Crippen LogP contribution in [0, 0.1) is 0 Å². The quantitative estimate of drug-likeness (QED) is 0.264. The third-order valence-electron chi connectivity index (χ3n) is 2.08. The van der Waals surface area contributed by atoms with E-state index in [9.17, 15) is 19.2 Å². The zero-order valence-corrected chi connectivity index (χ0v) is 12.1. The Morgan fingerprint density at radius 3 is 1.50 bits per heavy atom. The van der Waals surface area contributed by atoms with Crippen LogP contribution in [-0.2, 0) is 0 Å². The minimum Gasteiger partial charge on any atom is -0.385 e. The third-order valence-corrected chi connectivity index (χ3v) is 2.08. The first-order valence-corrected chi connectivity index (χ1v) is 6.26. The SMILES string of the molecule is Nc1ccnc(=O)[nH]1.Nc1ccnc(=O)[nH]1.O=c1cc[nH]c(=O)[nH]1. The molecule has 0 spiro atoms. The molecule has 0 aliphatic carbocycles. The Hall–Kier alpha value is -3.96. The summed E-state index contributed by atoms with van der Waals surface area (Å²) in [5.41, 5.74) is 8.65. The number of aromatic amines is 4. The summed E-state index contributed by atoms with van der Waals surface area (Å²) >= 11 is 0. The van der Waals surface area contributed by atoms with Crippen molar-refractivity contribution < 1.29 is 0 Å². The van der Waals surface area contributed by atoms with Crippen molar-refractivity contribution in [1.29, 1.82) is 0 Å². The molecule has 3 heterocycles. The second-order valence-electron chi connectivity index (χ2n) is 3.96. The molecule has 24 heavy (non-hydrogen) atoms. The monoisotopic (exact) mass is 334 g/mol. The number of nitrogens with one attached hydrogen (secondary N) is 4. The Morgan fingerprint density at radius 1 is 0.750 bits per heavy atom. The highest BCUT2D eigenvalue weighted by atomic mass is 16.2. The first-order chi connectivity index (χ1) is 11.4. The molecule has 0 atom stereocenters. The van der Waals surface area contributed by atoms with Gasteiger partial charge >= 0.3 is 17.1 Å². The van der Waals surface area contributed by atoms with Crippen LogP contribution in [0.25, 0.3) is 0 Å². The summed E-state index contributed by atoms with van der Waals surface area (Å²) in [6, 6.07) is 4.27. The second-order valence-corrected chi connectivity index (χ2v) is 3.96. The molecule has 0 bridgehead atoms. The molecule has 3 aromatic rings. The van der Waals surface area contributed by atoms with Crippen molar-refractivity contribution in [1.82, 2.24) is 29.9 Å². The van der Waals surface area contributed by atoms with Gasteiger partial charge in [-0.1, -0.05) is 0 Å². The van der Waals surface area contributed by atoms with Gasteiger partial charge in [-0.25, -0.2) is 24.4 Å². The van der Waals surface area contributed by atoms with Crippen LogP contribution in [0.15, 0.2) is 56.0 Å². The van der Waals surface area contributed by atoms with E-state index in [2.05, 4.69) is 24.9 Å². The number of anilines is 2. The molecule has 0 aromatic carbocycles. The number of nitrogens with two attached hydrogens (primary N) is 2. The maximum Gasteiger partial charge on any atom is 0.346 e. The number of hydrogen-bond donors (Lipinski definition) is 6. The number of rotatable bonds is 0. The minimum absolute atomic E-state index is 0.338. The van der Waals surface area contributed by atoms with Crippen molar-refractivity contribution in [2.24, 2.45) is 0 Å². The average molecular weight is 334 g/mol. The van der Waals surface area contributed by atoms with E-state index in [4.69, 9.17) is 11.5 Å². The van der Waals surface area contributed by atoms with Gasteiger partial charge in [0.05, 0.1) is 0 Å². The molecular formula is C12H14N8O4. The smallest absolute Gasteiger partial charge is 0.346 e. The highest BCUT2D eigenvalue weighted by Gasteiger charge is 1.81. The number of hydrogen-bond acceptors (Lipinski definition) is 8. The Kier molecular flexibility index (Phi) is 6.89. The number of aromatic nitrogens is 6. The summed E-state index contributed by atoms with van der Waals surface area (Å²) in [5.74, 6) is 0.676. The minimum atomic E-state index is -0.475. The van der Waals surface area contributed by atoms with Crippen molar-refractivity contribution in [3.8, 4) is 0 Å². The van der Waals surface area contributed by atoms with Gasteiger partial charge in [0, 0.05) is 24.7 Å². The van der Waals surface area contributed by atoms with E-state index in [1.54, 1.807) is 0 Å². The first kappa shape index (κ1) is 18.1. The van der Waals surface area contributed by atoms with Crippen LogP contribution in [0.5, 0.6) is 0 Å². The third kappa shape index (κ3) is 7.72. The Balaban J connectivity index is 0.000000180. The van der Waals surface area contributed by atoms with Gasteiger partial charge in [-0.2, -0.15) is 0 Å². The van der Waals surface area contributed by atoms with Gasteiger partial charge in [0.25, 0.3) is 5.56 Å². The number of nitrogen functional groups attached to an aromatic ring is 2. The van der Waals surface area contributed by atoms with Crippen molar-refractivity contribution in [3.63, 3.8) is 0 Å². The van der Waals surface area contributed by atoms with E-state index in [1.807, 2.05) is 4.98 Å². The Morgan fingerprint density at radius 2 is 1.25 bits per heavy atom. The zero-order valence-electron chi connectivity index (χ0n) is 12.1. The fourth-order valence-corrected chi connectivity index (χ4v) is 1.15. The number of nitrogens with zero attached hydrogens (tertiary/aromatic N) is 2. The Labute approximate surface area is 132 Å². The molecule has 0 aliphatic rings. The molecule has 12 heteroatoms. The molecule has 8 N–H and O–H groups in total. The summed E-state index contributed by atoms with van der Waals surface area (Å²) < 4.78 is 0. The molecule has 0 fully saturated rings. The average Bonchev–Trinajstić information content (AvgIpc) is 2.47. The highest BCUT2D eigenvalue weighted by molar-refractivity contribution is 5.23. The molecule has 0 aliphatic heterocycles. The summed E-state index contributed by atoms with van der Waals surface area (Å²) in [4.78, 5) is 56.4. The fourth-order valence-electron chi connectivity index (χ4n) is 1.15. The van der Waals surface area contributed by atoms with Crippen LogP contribution in [-0.4, -0.2) is 29.9 Å². The summed E-state index contributed by atoms with van der Waals surface area (Å²) in [6.45, 7) is 0. The second kappa shape index (κ2) is 9.14. The van der Waals surface area contributed by atoms with E-state index in [0.29, 0.717) is 11.6 Å². The van der Waals surface area contributed by atoms with Gasteiger partial charge in [0.2, 0.25) is 0 Å². The predicted octanol–water partition coefficient (Wildman–Crippen LogP) is -2.23. The summed E-state index contributed by atoms with van der Waals surface area (Å²) in [6.07, 6.45) is 4.00. The number of H-pyrrole nitrogens is 4. The molecule has 3 aromatic heterocycles. The summed E-state index contributed by atoms with van der Waals surface area (Å²) in [5, 5.41) is 0. The van der Waals surface area contributed by atoms with Crippen molar-refractivity contribution >= 4 is 11.6 Å². The lowest BCUT2D eigenvalue weighted by molar-refractivity contribution is 1.04. The maximum atomic E-state index is 10.2. The standard InChI is InChI=1S/2C4H5N3O.C4H4N2O2/c2*5-3-1-2-6-4(8)7-3;7-3-1-2-5-4(8)6-3/h2*1-2H,(H3,5,6,7,8);1-2H,(H2,5,6,7,8). The van der Waals surface area contributed by atoms with Crippen molar-refractivity contribution in [3.05, 3.63) is 78.6 Å². The lowest BCUT2D eigenvalue weighted by Gasteiger charge is -1.84. The lowest BCUT2D eigenvalue weighted by atomic mass is 10.6.